The van der Waals surface area contributed by atoms with Gasteiger partial charge in [-0.05, 0) is 30.9 Å². The van der Waals surface area contributed by atoms with Gasteiger partial charge in [0.25, 0.3) is 0 Å². The van der Waals surface area contributed by atoms with E-state index in [0.717, 1.165) is 6.54 Å². The fraction of sp³-hybridized carbons (Fsp3) is 0.471. The number of aromatic nitrogens is 2. The van der Waals surface area contributed by atoms with Crippen molar-refractivity contribution in [3.05, 3.63) is 47.8 Å². The summed E-state index contributed by atoms with van der Waals surface area (Å²) in [6.07, 6.45) is 4.05. The Balaban J connectivity index is 2.21. The molecule has 0 bridgehead atoms. The number of benzene rings is 1. The Hall–Kier alpha value is -1.77. The lowest BCUT2D eigenvalue weighted by molar-refractivity contribution is 0.590. The molecule has 1 atom stereocenters. The summed E-state index contributed by atoms with van der Waals surface area (Å²) >= 11 is 0. The molecule has 0 spiro atoms. The molecule has 0 saturated carbocycles. The Morgan fingerprint density at radius 2 is 1.95 bits per heavy atom. The van der Waals surface area contributed by atoms with Crippen LogP contribution in [0.2, 0.25) is 0 Å². The molecule has 1 aromatic carbocycles. The number of anilines is 1. The molecule has 1 heterocycles. The maximum Gasteiger partial charge on any atom is 0.0542 e. The fourth-order valence-electron chi connectivity index (χ4n) is 2.36. The first-order valence-corrected chi connectivity index (χ1v) is 7.30. The van der Waals surface area contributed by atoms with Crippen molar-refractivity contribution in [2.75, 3.05) is 5.32 Å². The van der Waals surface area contributed by atoms with Crippen LogP contribution in [0.5, 0.6) is 0 Å². The maximum absolute atomic E-state index is 4.35. The van der Waals surface area contributed by atoms with E-state index in [0.29, 0.717) is 0 Å². The summed E-state index contributed by atoms with van der Waals surface area (Å²) in [6.45, 7) is 11.9. The average Bonchev–Trinajstić information content (AvgIpc) is 2.87. The van der Waals surface area contributed by atoms with Crippen LogP contribution in [0.1, 0.15) is 51.8 Å². The number of nitrogens with zero attached hydrogens (tertiary/aromatic N) is 2. The van der Waals surface area contributed by atoms with E-state index in [1.165, 1.54) is 16.8 Å². The molecular formula is C17H25N3. The number of nitrogens with one attached hydrogen (secondary N) is 1. The quantitative estimate of drug-likeness (QED) is 0.894. The first-order chi connectivity index (χ1) is 9.41. The van der Waals surface area contributed by atoms with E-state index in [2.05, 4.69) is 75.5 Å². The minimum Gasteiger partial charge on any atom is -0.378 e. The van der Waals surface area contributed by atoms with Crippen molar-refractivity contribution in [1.29, 1.82) is 0 Å². The van der Waals surface area contributed by atoms with Crippen molar-refractivity contribution in [2.45, 2.75) is 52.6 Å². The molecule has 2 aromatic rings. The lowest BCUT2D eigenvalue weighted by Crippen LogP contribution is -2.16. The summed E-state index contributed by atoms with van der Waals surface area (Å²) in [4.78, 5) is 0. The molecule has 3 nitrogen and oxygen atoms in total. The lowest BCUT2D eigenvalue weighted by atomic mass is 9.85. The number of aryl methyl sites for hydroxylation is 1. The third-order valence-corrected chi connectivity index (χ3v) is 3.58. The third kappa shape index (κ3) is 3.21. The molecule has 1 N–H and O–H groups in total. The molecule has 20 heavy (non-hydrogen) atoms. The second-order valence-corrected chi connectivity index (χ2v) is 6.29. The monoisotopic (exact) mass is 271 g/mol. The zero-order valence-electron chi connectivity index (χ0n) is 13.1. The van der Waals surface area contributed by atoms with Crippen LogP contribution in [0.15, 0.2) is 36.7 Å². The highest BCUT2D eigenvalue weighted by molar-refractivity contribution is 5.55. The van der Waals surface area contributed by atoms with E-state index >= 15 is 0 Å². The van der Waals surface area contributed by atoms with Crippen LogP contribution in [-0.4, -0.2) is 9.78 Å². The van der Waals surface area contributed by atoms with Gasteiger partial charge in [0.2, 0.25) is 0 Å². The highest BCUT2D eigenvalue weighted by Crippen LogP contribution is 2.31. The Morgan fingerprint density at radius 3 is 2.55 bits per heavy atom. The molecule has 0 radical (unpaired) electrons. The van der Waals surface area contributed by atoms with Gasteiger partial charge in [-0.3, -0.25) is 4.68 Å². The molecule has 0 saturated heterocycles. The van der Waals surface area contributed by atoms with Crippen LogP contribution >= 0.6 is 0 Å². The van der Waals surface area contributed by atoms with Gasteiger partial charge in [-0.15, -0.1) is 0 Å². The van der Waals surface area contributed by atoms with E-state index in [1.807, 2.05) is 10.9 Å². The Labute approximate surface area is 122 Å². The number of rotatable bonds is 4. The van der Waals surface area contributed by atoms with Gasteiger partial charge in [0.1, 0.15) is 0 Å². The van der Waals surface area contributed by atoms with Crippen LogP contribution in [0.4, 0.5) is 5.69 Å². The summed E-state index contributed by atoms with van der Waals surface area (Å²) in [6, 6.07) is 8.79. The van der Waals surface area contributed by atoms with E-state index in [1.54, 1.807) is 0 Å². The second kappa shape index (κ2) is 5.70. The van der Waals surface area contributed by atoms with Gasteiger partial charge < -0.3 is 5.32 Å². The van der Waals surface area contributed by atoms with Gasteiger partial charge in [-0.2, -0.15) is 5.10 Å². The molecular weight excluding hydrogens is 246 g/mol. The number of hydrogen-bond acceptors (Lipinski definition) is 2. The fourth-order valence-corrected chi connectivity index (χ4v) is 2.36. The molecule has 0 fully saturated rings. The maximum atomic E-state index is 4.35. The summed E-state index contributed by atoms with van der Waals surface area (Å²) in [7, 11) is 0. The standard InChI is InChI=1S/C17H25N3/c1-6-20-12-14(11-18-20)13(2)19-16-10-8-7-9-15(16)17(3,4)5/h7-13,19H,6H2,1-5H3. The normalized spacial score (nSPS) is 13.2. The van der Waals surface area contributed by atoms with Crippen LogP contribution in [0.3, 0.4) is 0 Å². The van der Waals surface area contributed by atoms with Crippen LogP contribution < -0.4 is 5.32 Å². The predicted octanol–water partition coefficient (Wildman–Crippen LogP) is 4.37. The Morgan fingerprint density at radius 1 is 1.25 bits per heavy atom. The largest absolute Gasteiger partial charge is 0.378 e. The van der Waals surface area contributed by atoms with E-state index < -0.39 is 0 Å². The summed E-state index contributed by atoms with van der Waals surface area (Å²) in [5.74, 6) is 0. The van der Waals surface area contributed by atoms with Crippen molar-refractivity contribution in [3.8, 4) is 0 Å². The van der Waals surface area contributed by atoms with Crippen LogP contribution in [0, 0.1) is 0 Å². The summed E-state index contributed by atoms with van der Waals surface area (Å²) < 4.78 is 1.96. The van der Waals surface area contributed by atoms with Crippen molar-refractivity contribution in [3.63, 3.8) is 0 Å². The van der Waals surface area contributed by atoms with E-state index in [-0.39, 0.29) is 11.5 Å². The molecule has 0 aliphatic heterocycles. The summed E-state index contributed by atoms with van der Waals surface area (Å²) in [5, 5.41) is 7.96. The first kappa shape index (κ1) is 14.6. The van der Waals surface area contributed by atoms with Crippen molar-refractivity contribution >= 4 is 5.69 Å². The topological polar surface area (TPSA) is 29.9 Å². The van der Waals surface area contributed by atoms with E-state index in [9.17, 15) is 0 Å². The number of para-hydroxylation sites is 1. The molecule has 3 heteroatoms. The average molecular weight is 271 g/mol. The first-order valence-electron chi connectivity index (χ1n) is 7.30. The van der Waals surface area contributed by atoms with Gasteiger partial charge in [0.05, 0.1) is 12.2 Å². The molecule has 0 aliphatic rings. The second-order valence-electron chi connectivity index (χ2n) is 6.29. The van der Waals surface area contributed by atoms with Gasteiger partial charge >= 0.3 is 0 Å². The molecule has 0 amide bonds. The molecule has 2 rings (SSSR count). The van der Waals surface area contributed by atoms with Crippen LogP contribution in [-0.2, 0) is 12.0 Å². The van der Waals surface area contributed by atoms with Crippen molar-refractivity contribution < 1.29 is 0 Å². The Bertz CT molecular complexity index is 564. The summed E-state index contributed by atoms with van der Waals surface area (Å²) in [5.41, 5.74) is 3.90. The van der Waals surface area contributed by atoms with Gasteiger partial charge in [-0.1, -0.05) is 39.0 Å². The molecule has 1 unspecified atom stereocenters. The smallest absolute Gasteiger partial charge is 0.0542 e. The van der Waals surface area contributed by atoms with Gasteiger partial charge in [-0.25, -0.2) is 0 Å². The van der Waals surface area contributed by atoms with E-state index in [4.69, 9.17) is 0 Å². The van der Waals surface area contributed by atoms with Crippen molar-refractivity contribution in [1.82, 2.24) is 9.78 Å². The highest BCUT2D eigenvalue weighted by atomic mass is 15.3. The van der Waals surface area contributed by atoms with Gasteiger partial charge in [0, 0.05) is 24.0 Å². The SMILES string of the molecule is CCn1cc(C(C)Nc2ccccc2C(C)(C)C)cn1. The zero-order valence-corrected chi connectivity index (χ0v) is 13.1. The minimum absolute atomic E-state index is 0.136. The van der Waals surface area contributed by atoms with Crippen LogP contribution in [0.25, 0.3) is 0 Å². The minimum atomic E-state index is 0.136. The Kier molecular flexibility index (Phi) is 4.17. The molecule has 1 aromatic heterocycles. The molecule has 108 valence electrons. The lowest BCUT2D eigenvalue weighted by Gasteiger charge is -2.25. The zero-order chi connectivity index (χ0) is 14.8. The number of hydrogen-bond donors (Lipinski definition) is 1. The predicted molar refractivity (Wildman–Crippen MR) is 85.1 cm³/mol. The molecule has 0 aliphatic carbocycles. The highest BCUT2D eigenvalue weighted by Gasteiger charge is 2.18. The third-order valence-electron chi connectivity index (χ3n) is 3.58. The van der Waals surface area contributed by atoms with Gasteiger partial charge in [0.15, 0.2) is 0 Å². The van der Waals surface area contributed by atoms with Crippen molar-refractivity contribution in [2.24, 2.45) is 0 Å².